The van der Waals surface area contributed by atoms with Crippen LogP contribution in [0.5, 0.6) is 0 Å². The average Bonchev–Trinajstić information content (AvgIpc) is 2.74. The van der Waals surface area contributed by atoms with Gasteiger partial charge >= 0.3 is 0 Å². The van der Waals surface area contributed by atoms with E-state index in [1.165, 1.54) is 0 Å². The van der Waals surface area contributed by atoms with Crippen molar-refractivity contribution < 1.29 is 0 Å². The summed E-state index contributed by atoms with van der Waals surface area (Å²) >= 11 is 3.41. The van der Waals surface area contributed by atoms with Crippen molar-refractivity contribution in [1.29, 1.82) is 5.26 Å². The molecule has 0 saturated heterocycles. The number of anilines is 1. The van der Waals surface area contributed by atoms with Gasteiger partial charge in [0.2, 0.25) is 5.95 Å². The predicted molar refractivity (Wildman–Crippen MR) is 80.4 cm³/mol. The van der Waals surface area contributed by atoms with Gasteiger partial charge in [0, 0.05) is 10.2 Å². The lowest BCUT2D eigenvalue weighted by Gasteiger charge is -2.08. The smallest absolute Gasteiger partial charge is 0.207 e. The molecule has 0 radical (unpaired) electrons. The van der Waals surface area contributed by atoms with E-state index in [4.69, 9.17) is 5.73 Å². The van der Waals surface area contributed by atoms with Crippen LogP contribution >= 0.6 is 15.9 Å². The van der Waals surface area contributed by atoms with Gasteiger partial charge in [-0.05, 0) is 37.3 Å². The van der Waals surface area contributed by atoms with Crippen molar-refractivity contribution in [2.45, 2.75) is 6.92 Å². The van der Waals surface area contributed by atoms with Gasteiger partial charge in [0.25, 0.3) is 0 Å². The second kappa shape index (κ2) is 4.62. The van der Waals surface area contributed by atoms with Gasteiger partial charge < -0.3 is 5.73 Å². The standard InChI is InChI=1S/C14H10BrN5/c1-8-2-5-11-13(18-8)20(14(17)19-11)12-6-10(15)4-3-9(12)7-16/h2-6H,1H3,(H2,17,19). The zero-order valence-corrected chi connectivity index (χ0v) is 12.2. The molecule has 0 aliphatic rings. The highest BCUT2D eigenvalue weighted by Gasteiger charge is 2.15. The minimum Gasteiger partial charge on any atom is -0.369 e. The molecule has 2 heterocycles. The molecule has 0 fully saturated rings. The molecule has 0 spiro atoms. The number of pyridine rings is 1. The number of rotatable bonds is 1. The number of benzene rings is 1. The molecule has 5 nitrogen and oxygen atoms in total. The summed E-state index contributed by atoms with van der Waals surface area (Å²) in [5.74, 6) is 0.313. The first-order chi connectivity index (χ1) is 9.60. The summed E-state index contributed by atoms with van der Waals surface area (Å²) < 4.78 is 2.56. The first-order valence-electron chi connectivity index (χ1n) is 5.92. The number of halogens is 1. The van der Waals surface area contributed by atoms with Crippen LogP contribution in [0.15, 0.2) is 34.8 Å². The number of nitrogens with zero attached hydrogens (tertiary/aromatic N) is 4. The van der Waals surface area contributed by atoms with E-state index in [1.54, 1.807) is 10.6 Å². The number of hydrogen-bond acceptors (Lipinski definition) is 4. The highest BCUT2D eigenvalue weighted by Crippen LogP contribution is 2.26. The molecule has 0 bridgehead atoms. The van der Waals surface area contributed by atoms with Crippen molar-refractivity contribution in [2.24, 2.45) is 0 Å². The third-order valence-corrected chi connectivity index (χ3v) is 3.48. The Morgan fingerprint density at radius 3 is 2.80 bits per heavy atom. The molecule has 1 aromatic carbocycles. The van der Waals surface area contributed by atoms with Gasteiger partial charge in [-0.15, -0.1) is 0 Å². The van der Waals surface area contributed by atoms with E-state index in [1.807, 2.05) is 31.2 Å². The fraction of sp³-hybridized carbons (Fsp3) is 0.0714. The highest BCUT2D eigenvalue weighted by atomic mass is 79.9. The molecule has 3 aromatic rings. The summed E-state index contributed by atoms with van der Waals surface area (Å²) in [5, 5.41) is 9.27. The van der Waals surface area contributed by atoms with Gasteiger partial charge in [0.15, 0.2) is 5.65 Å². The van der Waals surface area contributed by atoms with Crippen LogP contribution in [0.2, 0.25) is 0 Å². The lowest BCUT2D eigenvalue weighted by atomic mass is 10.2. The van der Waals surface area contributed by atoms with E-state index >= 15 is 0 Å². The molecular formula is C14H10BrN5. The normalized spacial score (nSPS) is 10.7. The number of fused-ring (bicyclic) bond motifs is 1. The molecular weight excluding hydrogens is 318 g/mol. The van der Waals surface area contributed by atoms with Crippen molar-refractivity contribution in [3.63, 3.8) is 0 Å². The second-order valence-electron chi connectivity index (χ2n) is 4.37. The fourth-order valence-corrected chi connectivity index (χ4v) is 2.44. The Bertz CT molecular complexity index is 860. The third kappa shape index (κ3) is 1.92. The summed E-state index contributed by atoms with van der Waals surface area (Å²) in [4.78, 5) is 8.76. The number of nitrogens with two attached hydrogens (primary N) is 1. The van der Waals surface area contributed by atoms with E-state index in [9.17, 15) is 5.26 Å². The molecule has 98 valence electrons. The zero-order valence-electron chi connectivity index (χ0n) is 10.6. The lowest BCUT2D eigenvalue weighted by Crippen LogP contribution is -2.04. The lowest BCUT2D eigenvalue weighted by molar-refractivity contribution is 1.06. The number of nitriles is 1. The van der Waals surface area contributed by atoms with Crippen molar-refractivity contribution in [3.8, 4) is 11.8 Å². The SMILES string of the molecule is Cc1ccc2nc(N)n(-c3cc(Br)ccc3C#N)c2n1. The summed E-state index contributed by atoms with van der Waals surface area (Å²) in [6.45, 7) is 1.90. The van der Waals surface area contributed by atoms with Gasteiger partial charge in [0.1, 0.15) is 11.6 Å². The van der Waals surface area contributed by atoms with E-state index in [2.05, 4.69) is 32.0 Å². The summed E-state index contributed by atoms with van der Waals surface area (Å²) in [7, 11) is 0. The van der Waals surface area contributed by atoms with Crippen LogP contribution in [-0.4, -0.2) is 14.5 Å². The number of aromatic nitrogens is 3. The first kappa shape index (κ1) is 12.6. The minimum absolute atomic E-state index is 0.313. The molecule has 0 aliphatic heterocycles. The topological polar surface area (TPSA) is 80.5 Å². The van der Waals surface area contributed by atoms with Crippen LogP contribution in [0, 0.1) is 18.3 Å². The van der Waals surface area contributed by atoms with Crippen LogP contribution in [0.4, 0.5) is 5.95 Å². The van der Waals surface area contributed by atoms with Crippen LogP contribution in [0.1, 0.15) is 11.3 Å². The van der Waals surface area contributed by atoms with Crippen LogP contribution in [0.25, 0.3) is 16.9 Å². The Balaban J connectivity index is 2.40. The number of imidazole rings is 1. The van der Waals surface area contributed by atoms with Crippen molar-refractivity contribution in [1.82, 2.24) is 14.5 Å². The van der Waals surface area contributed by atoms with Crippen LogP contribution in [-0.2, 0) is 0 Å². The maximum Gasteiger partial charge on any atom is 0.207 e. The number of aryl methyl sites for hydroxylation is 1. The van der Waals surface area contributed by atoms with Gasteiger partial charge in [-0.3, -0.25) is 4.57 Å². The maximum atomic E-state index is 9.27. The molecule has 0 atom stereocenters. The average molecular weight is 328 g/mol. The van der Waals surface area contributed by atoms with E-state index in [0.29, 0.717) is 28.4 Å². The predicted octanol–water partition coefficient (Wildman–Crippen LogP) is 2.95. The Kier molecular flexibility index (Phi) is 2.92. The summed E-state index contributed by atoms with van der Waals surface area (Å²) in [5.41, 5.74) is 9.40. The van der Waals surface area contributed by atoms with Gasteiger partial charge in [-0.2, -0.15) is 5.26 Å². The number of nitrogen functional groups attached to an aromatic ring is 1. The molecule has 2 N–H and O–H groups in total. The Labute approximate surface area is 123 Å². The van der Waals surface area contributed by atoms with Crippen LogP contribution in [0.3, 0.4) is 0 Å². The van der Waals surface area contributed by atoms with E-state index < -0.39 is 0 Å². The van der Waals surface area contributed by atoms with Crippen LogP contribution < -0.4 is 5.73 Å². The third-order valence-electron chi connectivity index (χ3n) is 2.99. The zero-order chi connectivity index (χ0) is 14.3. The Morgan fingerprint density at radius 1 is 1.25 bits per heavy atom. The van der Waals surface area contributed by atoms with Gasteiger partial charge in [-0.1, -0.05) is 15.9 Å². The molecule has 6 heteroatoms. The second-order valence-corrected chi connectivity index (χ2v) is 5.29. The van der Waals surface area contributed by atoms with E-state index in [0.717, 1.165) is 10.2 Å². The fourth-order valence-electron chi connectivity index (χ4n) is 2.09. The molecule has 0 aliphatic carbocycles. The van der Waals surface area contributed by atoms with Crippen molar-refractivity contribution >= 4 is 33.0 Å². The van der Waals surface area contributed by atoms with Crippen molar-refractivity contribution in [3.05, 3.63) is 46.1 Å². The quantitative estimate of drug-likeness (QED) is 0.745. The molecule has 0 amide bonds. The molecule has 20 heavy (non-hydrogen) atoms. The maximum absolute atomic E-state index is 9.27. The Morgan fingerprint density at radius 2 is 2.05 bits per heavy atom. The van der Waals surface area contributed by atoms with E-state index in [-0.39, 0.29) is 0 Å². The largest absolute Gasteiger partial charge is 0.369 e. The minimum atomic E-state index is 0.313. The molecule has 3 rings (SSSR count). The van der Waals surface area contributed by atoms with Gasteiger partial charge in [-0.25, -0.2) is 9.97 Å². The summed E-state index contributed by atoms with van der Waals surface area (Å²) in [6.07, 6.45) is 0. The molecule has 0 unspecified atom stereocenters. The number of hydrogen-bond donors (Lipinski definition) is 1. The Hall–Kier alpha value is -2.39. The molecule has 0 saturated carbocycles. The van der Waals surface area contributed by atoms with Gasteiger partial charge in [0.05, 0.1) is 11.3 Å². The highest BCUT2D eigenvalue weighted by molar-refractivity contribution is 9.10. The monoisotopic (exact) mass is 327 g/mol. The summed E-state index contributed by atoms with van der Waals surface area (Å²) in [6, 6.07) is 11.3. The molecule has 2 aromatic heterocycles. The van der Waals surface area contributed by atoms with Crippen molar-refractivity contribution in [2.75, 3.05) is 5.73 Å². The first-order valence-corrected chi connectivity index (χ1v) is 6.71.